The zero-order valence-electron chi connectivity index (χ0n) is 19.5. The van der Waals surface area contributed by atoms with Crippen molar-refractivity contribution in [2.75, 3.05) is 47.4 Å². The molecule has 6 heteroatoms. The Balaban J connectivity index is 1.41. The van der Waals surface area contributed by atoms with Gasteiger partial charge in [0.1, 0.15) is 5.65 Å². The van der Waals surface area contributed by atoms with E-state index in [0.29, 0.717) is 5.75 Å². The zero-order valence-corrected chi connectivity index (χ0v) is 19.5. The van der Waals surface area contributed by atoms with E-state index in [1.165, 1.54) is 11.1 Å². The maximum atomic E-state index is 5.49. The number of methoxy groups -OCH3 is 2. The average Bonchev–Trinajstić information content (AvgIpc) is 3.29. The van der Waals surface area contributed by atoms with E-state index >= 15 is 0 Å². The highest BCUT2D eigenvalue weighted by Gasteiger charge is 2.15. The van der Waals surface area contributed by atoms with Crippen LogP contribution in [-0.4, -0.2) is 67.2 Å². The molecule has 0 bridgehead atoms. The SMILES string of the molecule is COc1ccc(-c2c[nH]c3ncc(-c4ccc(CN5CCN(C)CC5)cc4)cc23)cc1OC. The third kappa shape index (κ3) is 4.45. The van der Waals surface area contributed by atoms with Crippen molar-refractivity contribution in [3.8, 4) is 33.8 Å². The average molecular weight is 443 g/mol. The molecule has 2 aromatic heterocycles. The summed E-state index contributed by atoms with van der Waals surface area (Å²) >= 11 is 0. The largest absolute Gasteiger partial charge is 0.493 e. The first-order valence-electron chi connectivity index (χ1n) is 11.3. The highest BCUT2D eigenvalue weighted by molar-refractivity contribution is 5.96. The fourth-order valence-corrected chi connectivity index (χ4v) is 4.47. The monoisotopic (exact) mass is 442 g/mol. The van der Waals surface area contributed by atoms with Gasteiger partial charge in [-0.25, -0.2) is 4.98 Å². The van der Waals surface area contributed by atoms with Crippen LogP contribution in [-0.2, 0) is 6.54 Å². The maximum Gasteiger partial charge on any atom is 0.161 e. The molecule has 4 aromatic rings. The molecule has 0 unspecified atom stereocenters. The van der Waals surface area contributed by atoms with Gasteiger partial charge in [-0.1, -0.05) is 30.3 Å². The molecule has 1 aliphatic heterocycles. The normalized spacial score (nSPS) is 15.1. The number of hydrogen-bond donors (Lipinski definition) is 1. The number of nitrogens with zero attached hydrogens (tertiary/aromatic N) is 3. The Morgan fingerprint density at radius 3 is 2.30 bits per heavy atom. The second-order valence-corrected chi connectivity index (χ2v) is 8.67. The van der Waals surface area contributed by atoms with Crippen molar-refractivity contribution in [3.05, 3.63) is 66.5 Å². The zero-order chi connectivity index (χ0) is 22.8. The smallest absolute Gasteiger partial charge is 0.161 e. The third-order valence-corrected chi connectivity index (χ3v) is 6.51. The summed E-state index contributed by atoms with van der Waals surface area (Å²) in [4.78, 5) is 12.9. The first kappa shape index (κ1) is 21.5. The molecule has 0 spiro atoms. The fraction of sp³-hybridized carbons (Fsp3) is 0.296. The molecule has 1 aliphatic rings. The van der Waals surface area contributed by atoms with Crippen molar-refractivity contribution in [2.45, 2.75) is 6.54 Å². The van der Waals surface area contributed by atoms with E-state index in [2.05, 4.69) is 57.1 Å². The Morgan fingerprint density at radius 2 is 1.58 bits per heavy atom. The van der Waals surface area contributed by atoms with Crippen LogP contribution in [0.2, 0.25) is 0 Å². The van der Waals surface area contributed by atoms with Gasteiger partial charge in [-0.15, -0.1) is 0 Å². The first-order chi connectivity index (χ1) is 16.1. The molecule has 1 fully saturated rings. The minimum Gasteiger partial charge on any atom is -0.493 e. The Morgan fingerprint density at radius 1 is 0.848 bits per heavy atom. The lowest BCUT2D eigenvalue weighted by Gasteiger charge is -2.32. The Hall–Kier alpha value is -3.35. The molecule has 33 heavy (non-hydrogen) atoms. The van der Waals surface area contributed by atoms with E-state index in [9.17, 15) is 0 Å². The predicted molar refractivity (Wildman–Crippen MR) is 133 cm³/mol. The molecule has 0 saturated carbocycles. The summed E-state index contributed by atoms with van der Waals surface area (Å²) < 4.78 is 10.9. The number of nitrogens with one attached hydrogen (secondary N) is 1. The molecular weight excluding hydrogens is 412 g/mol. The van der Waals surface area contributed by atoms with Gasteiger partial charge in [0.15, 0.2) is 11.5 Å². The van der Waals surface area contributed by atoms with Crippen LogP contribution in [0.1, 0.15) is 5.56 Å². The number of piperazine rings is 1. The van der Waals surface area contributed by atoms with Gasteiger partial charge in [-0.2, -0.15) is 0 Å². The Bertz CT molecular complexity index is 1240. The molecule has 0 aliphatic carbocycles. The van der Waals surface area contributed by atoms with Crippen molar-refractivity contribution < 1.29 is 9.47 Å². The number of hydrogen-bond acceptors (Lipinski definition) is 5. The summed E-state index contributed by atoms with van der Waals surface area (Å²) in [7, 11) is 5.50. The highest BCUT2D eigenvalue weighted by Crippen LogP contribution is 2.36. The molecular formula is C27H30N4O2. The van der Waals surface area contributed by atoms with Gasteiger partial charge in [-0.3, -0.25) is 4.90 Å². The molecule has 3 heterocycles. The van der Waals surface area contributed by atoms with E-state index < -0.39 is 0 Å². The second kappa shape index (κ2) is 9.25. The number of benzene rings is 2. The summed E-state index contributed by atoms with van der Waals surface area (Å²) in [6.07, 6.45) is 3.94. The molecule has 5 rings (SSSR count). The van der Waals surface area contributed by atoms with Crippen molar-refractivity contribution in [3.63, 3.8) is 0 Å². The molecule has 6 nitrogen and oxygen atoms in total. The summed E-state index contributed by atoms with van der Waals surface area (Å²) in [5, 5.41) is 1.08. The molecule has 0 radical (unpaired) electrons. The number of likely N-dealkylation sites (N-methyl/N-ethyl adjacent to an activating group) is 1. The van der Waals surface area contributed by atoms with Crippen LogP contribution in [0.4, 0.5) is 0 Å². The Kier molecular flexibility index (Phi) is 6.03. The number of pyridine rings is 1. The van der Waals surface area contributed by atoms with Gasteiger partial charge in [0.25, 0.3) is 0 Å². The van der Waals surface area contributed by atoms with Crippen LogP contribution in [0.15, 0.2) is 60.9 Å². The van der Waals surface area contributed by atoms with Crippen molar-refractivity contribution in [2.24, 2.45) is 0 Å². The molecule has 0 amide bonds. The first-order valence-corrected chi connectivity index (χ1v) is 11.3. The van der Waals surface area contributed by atoms with Crippen LogP contribution in [0.25, 0.3) is 33.3 Å². The molecule has 2 aromatic carbocycles. The van der Waals surface area contributed by atoms with Crippen molar-refractivity contribution in [1.82, 2.24) is 19.8 Å². The van der Waals surface area contributed by atoms with Crippen LogP contribution < -0.4 is 9.47 Å². The Labute approximate surface area is 194 Å². The van der Waals surface area contributed by atoms with Crippen LogP contribution in [0.3, 0.4) is 0 Å². The highest BCUT2D eigenvalue weighted by atomic mass is 16.5. The lowest BCUT2D eigenvalue weighted by molar-refractivity contribution is 0.148. The van der Waals surface area contributed by atoms with E-state index in [1.54, 1.807) is 14.2 Å². The van der Waals surface area contributed by atoms with Crippen molar-refractivity contribution >= 4 is 11.0 Å². The quantitative estimate of drug-likeness (QED) is 0.471. The maximum absolute atomic E-state index is 5.49. The van der Waals surface area contributed by atoms with Gasteiger partial charge in [-0.05, 0) is 41.9 Å². The number of aromatic amines is 1. The van der Waals surface area contributed by atoms with E-state index in [-0.39, 0.29) is 0 Å². The number of rotatable bonds is 6. The number of H-pyrrole nitrogens is 1. The summed E-state index contributed by atoms with van der Waals surface area (Å²) in [5.74, 6) is 1.43. The minimum atomic E-state index is 0.712. The van der Waals surface area contributed by atoms with Crippen LogP contribution in [0.5, 0.6) is 11.5 Å². The number of ether oxygens (including phenoxy) is 2. The van der Waals surface area contributed by atoms with Gasteiger partial charge in [0, 0.05) is 61.6 Å². The second-order valence-electron chi connectivity index (χ2n) is 8.67. The van der Waals surface area contributed by atoms with Crippen LogP contribution in [0, 0.1) is 0 Å². The standard InChI is InChI=1S/C27H30N4O2/c1-30-10-12-31(13-11-30)18-19-4-6-20(7-5-19)22-14-23-24(17-29-27(23)28-16-22)21-8-9-25(32-2)26(15-21)33-3/h4-9,14-17H,10-13,18H2,1-3H3,(H,28,29). The summed E-state index contributed by atoms with van der Waals surface area (Å²) in [6.45, 7) is 5.55. The number of fused-ring (bicyclic) bond motifs is 1. The van der Waals surface area contributed by atoms with E-state index in [0.717, 1.165) is 66.2 Å². The minimum absolute atomic E-state index is 0.712. The van der Waals surface area contributed by atoms with Gasteiger partial charge < -0.3 is 19.4 Å². The summed E-state index contributed by atoms with van der Waals surface area (Å²) in [5.41, 5.74) is 6.65. The lowest BCUT2D eigenvalue weighted by atomic mass is 10.0. The third-order valence-electron chi connectivity index (χ3n) is 6.51. The molecule has 0 atom stereocenters. The topological polar surface area (TPSA) is 53.6 Å². The predicted octanol–water partition coefficient (Wildman–Crippen LogP) is 4.66. The lowest BCUT2D eigenvalue weighted by Crippen LogP contribution is -2.43. The van der Waals surface area contributed by atoms with Crippen LogP contribution >= 0.6 is 0 Å². The number of aromatic nitrogens is 2. The van der Waals surface area contributed by atoms with E-state index in [1.807, 2.05) is 30.6 Å². The van der Waals surface area contributed by atoms with Gasteiger partial charge in [0.2, 0.25) is 0 Å². The summed E-state index contributed by atoms with van der Waals surface area (Å²) in [6, 6.07) is 17.1. The van der Waals surface area contributed by atoms with Crippen molar-refractivity contribution in [1.29, 1.82) is 0 Å². The molecule has 1 N–H and O–H groups in total. The molecule has 1 saturated heterocycles. The van der Waals surface area contributed by atoms with Gasteiger partial charge >= 0.3 is 0 Å². The van der Waals surface area contributed by atoms with Gasteiger partial charge in [0.05, 0.1) is 14.2 Å². The molecule has 170 valence electrons. The van der Waals surface area contributed by atoms with E-state index in [4.69, 9.17) is 9.47 Å². The fourth-order valence-electron chi connectivity index (χ4n) is 4.47.